The van der Waals surface area contributed by atoms with E-state index < -0.39 is 0 Å². The lowest BCUT2D eigenvalue weighted by Crippen LogP contribution is -2.10. The first-order chi connectivity index (χ1) is 12.6. The second-order valence-electron chi connectivity index (χ2n) is 6.93. The Kier molecular flexibility index (Phi) is 4.60. The normalized spacial score (nSPS) is 13.9. The fourth-order valence-corrected chi connectivity index (χ4v) is 4.20. The Balaban J connectivity index is 0.000000240. The largest absolute Gasteiger partial charge is 0.472 e. The van der Waals surface area contributed by atoms with E-state index in [1.54, 1.807) is 12.5 Å². The molecule has 0 bridgehead atoms. The Hall–Kier alpha value is -2.45. The average Bonchev–Trinajstić information content (AvgIpc) is 3.12. The molecule has 5 rings (SSSR count). The van der Waals surface area contributed by atoms with E-state index in [-0.39, 0.29) is 0 Å². The van der Waals surface area contributed by atoms with Gasteiger partial charge < -0.3 is 10.2 Å². The van der Waals surface area contributed by atoms with Crippen LogP contribution in [-0.4, -0.2) is 0 Å². The molecule has 2 aliphatic rings. The molecule has 3 heteroatoms. The van der Waals surface area contributed by atoms with Gasteiger partial charge in [-0.1, -0.05) is 35.9 Å². The Morgan fingerprint density at radius 3 is 2.54 bits per heavy atom. The van der Waals surface area contributed by atoms with Crippen molar-refractivity contribution in [2.75, 3.05) is 5.73 Å². The zero-order valence-corrected chi connectivity index (χ0v) is 15.6. The van der Waals surface area contributed by atoms with Crippen LogP contribution in [-0.2, 0) is 19.3 Å². The van der Waals surface area contributed by atoms with E-state index >= 15 is 0 Å². The maximum absolute atomic E-state index is 6.37. The Bertz CT molecular complexity index is 970. The summed E-state index contributed by atoms with van der Waals surface area (Å²) in [6.45, 7) is 1.99. The molecule has 2 aromatic carbocycles. The quantitative estimate of drug-likeness (QED) is 0.480. The fourth-order valence-electron chi connectivity index (χ4n) is 3.87. The predicted octanol–water partition coefficient (Wildman–Crippen LogP) is 6.24. The summed E-state index contributed by atoms with van der Waals surface area (Å²) in [5.74, 6) is 0. The van der Waals surface area contributed by atoms with Gasteiger partial charge in [0.1, 0.15) is 0 Å². The molecule has 0 saturated carbocycles. The van der Waals surface area contributed by atoms with Crippen LogP contribution in [0, 0.1) is 6.92 Å². The number of rotatable bonds is 0. The summed E-state index contributed by atoms with van der Waals surface area (Å²) in [5, 5.41) is 0.809. The number of halogens is 1. The number of anilines is 1. The van der Waals surface area contributed by atoms with Crippen molar-refractivity contribution in [2.24, 2.45) is 0 Å². The number of aryl methyl sites for hydroxylation is 1. The van der Waals surface area contributed by atoms with Gasteiger partial charge in [-0.15, -0.1) is 0 Å². The van der Waals surface area contributed by atoms with Crippen LogP contribution in [0.15, 0.2) is 53.4 Å². The van der Waals surface area contributed by atoms with Gasteiger partial charge in [-0.05, 0) is 89.8 Å². The molecule has 2 N–H and O–H groups in total. The summed E-state index contributed by atoms with van der Waals surface area (Å²) in [5.41, 5.74) is 16.1. The third kappa shape index (κ3) is 3.17. The average molecular weight is 364 g/mol. The predicted molar refractivity (Wildman–Crippen MR) is 110 cm³/mol. The Morgan fingerprint density at radius 2 is 1.81 bits per heavy atom. The first-order valence-electron chi connectivity index (χ1n) is 9.02. The number of nitrogens with two attached hydrogens (primary N) is 1. The zero-order chi connectivity index (χ0) is 18.1. The molecule has 0 unspecified atom stereocenters. The molecule has 1 heterocycles. The van der Waals surface area contributed by atoms with Gasteiger partial charge in [0.05, 0.1) is 12.5 Å². The van der Waals surface area contributed by atoms with E-state index in [1.165, 1.54) is 38.9 Å². The van der Waals surface area contributed by atoms with E-state index in [4.69, 9.17) is 21.8 Å². The van der Waals surface area contributed by atoms with Crippen LogP contribution < -0.4 is 5.73 Å². The van der Waals surface area contributed by atoms with Crippen molar-refractivity contribution in [3.05, 3.63) is 81.8 Å². The number of allylic oxidation sites excluding steroid dienone is 1. The number of hydrogen-bond donors (Lipinski definition) is 1. The van der Waals surface area contributed by atoms with Gasteiger partial charge in [0.15, 0.2) is 0 Å². The highest BCUT2D eigenvalue weighted by molar-refractivity contribution is 6.32. The summed E-state index contributed by atoms with van der Waals surface area (Å²) in [6.07, 6.45) is 12.3. The maximum atomic E-state index is 6.37. The van der Waals surface area contributed by atoms with Crippen molar-refractivity contribution in [3.63, 3.8) is 0 Å². The number of furan rings is 1. The van der Waals surface area contributed by atoms with Crippen molar-refractivity contribution < 1.29 is 4.42 Å². The molecular formula is C23H22ClNO. The van der Waals surface area contributed by atoms with Crippen LogP contribution in [0.1, 0.15) is 34.2 Å². The summed E-state index contributed by atoms with van der Waals surface area (Å²) in [6, 6.07) is 10.3. The number of fused-ring (bicyclic) bond motifs is 5. The van der Waals surface area contributed by atoms with E-state index in [0.717, 1.165) is 36.4 Å². The topological polar surface area (TPSA) is 39.2 Å². The molecule has 0 amide bonds. The van der Waals surface area contributed by atoms with Gasteiger partial charge in [-0.2, -0.15) is 0 Å². The second-order valence-corrected chi connectivity index (χ2v) is 7.34. The molecule has 0 saturated heterocycles. The molecule has 0 fully saturated rings. The van der Waals surface area contributed by atoms with E-state index in [2.05, 4.69) is 30.4 Å². The minimum Gasteiger partial charge on any atom is -0.472 e. The number of hydrogen-bond acceptors (Lipinski definition) is 2. The third-order valence-electron chi connectivity index (χ3n) is 5.12. The van der Waals surface area contributed by atoms with Crippen LogP contribution in [0.3, 0.4) is 0 Å². The molecule has 0 aliphatic heterocycles. The van der Waals surface area contributed by atoms with Crippen molar-refractivity contribution in [2.45, 2.75) is 32.6 Å². The molecule has 0 radical (unpaired) electrons. The molecule has 26 heavy (non-hydrogen) atoms. The van der Waals surface area contributed by atoms with Crippen LogP contribution in [0.25, 0.3) is 17.2 Å². The summed E-state index contributed by atoms with van der Waals surface area (Å²) < 4.78 is 4.71. The molecule has 0 atom stereocenters. The SMILES string of the molecule is Cc1ccoc1.Nc1cc(Cl)c2c(c1)-c1ccc3c(c1CC2)CCC=C3. The van der Waals surface area contributed by atoms with Crippen LogP contribution >= 0.6 is 11.6 Å². The van der Waals surface area contributed by atoms with Crippen LogP contribution in [0.4, 0.5) is 5.69 Å². The zero-order valence-electron chi connectivity index (χ0n) is 14.9. The van der Waals surface area contributed by atoms with E-state index in [0.29, 0.717) is 0 Å². The standard InChI is InChI=1S/C18H16ClN.C5H6O/c19-18-10-12(20)9-17-15-6-5-11-3-1-2-4-13(11)14(15)7-8-16(17)18;1-5-2-3-6-4-5/h1,3,5-6,9-10H,2,4,7-8,20H2;2-4H,1H3. The van der Waals surface area contributed by atoms with Gasteiger partial charge in [-0.3, -0.25) is 0 Å². The molecule has 2 nitrogen and oxygen atoms in total. The summed E-state index contributed by atoms with van der Waals surface area (Å²) in [4.78, 5) is 0. The van der Waals surface area contributed by atoms with Gasteiger partial charge in [0.25, 0.3) is 0 Å². The van der Waals surface area contributed by atoms with Crippen molar-refractivity contribution in [1.29, 1.82) is 0 Å². The first-order valence-corrected chi connectivity index (χ1v) is 9.39. The molecule has 2 aliphatic carbocycles. The van der Waals surface area contributed by atoms with Gasteiger partial charge in [0.2, 0.25) is 0 Å². The van der Waals surface area contributed by atoms with Crippen molar-refractivity contribution in [3.8, 4) is 11.1 Å². The highest BCUT2D eigenvalue weighted by Gasteiger charge is 2.22. The first kappa shape index (κ1) is 17.0. The molecule has 3 aromatic rings. The molecule has 1 aromatic heterocycles. The lowest BCUT2D eigenvalue weighted by atomic mass is 9.79. The highest BCUT2D eigenvalue weighted by Crippen LogP contribution is 2.41. The van der Waals surface area contributed by atoms with E-state index in [1.807, 2.05) is 19.1 Å². The van der Waals surface area contributed by atoms with Crippen LogP contribution in [0.2, 0.25) is 5.02 Å². The lowest BCUT2D eigenvalue weighted by molar-refractivity contribution is 0.565. The summed E-state index contributed by atoms with van der Waals surface area (Å²) in [7, 11) is 0. The van der Waals surface area contributed by atoms with Crippen molar-refractivity contribution >= 4 is 23.4 Å². The van der Waals surface area contributed by atoms with Gasteiger partial charge in [0, 0.05) is 10.7 Å². The molecular weight excluding hydrogens is 342 g/mol. The highest BCUT2D eigenvalue weighted by atomic mass is 35.5. The monoisotopic (exact) mass is 363 g/mol. The molecule has 132 valence electrons. The minimum atomic E-state index is 0.749. The Morgan fingerprint density at radius 1 is 0.962 bits per heavy atom. The molecule has 0 spiro atoms. The van der Waals surface area contributed by atoms with Crippen LogP contribution in [0.5, 0.6) is 0 Å². The minimum absolute atomic E-state index is 0.749. The maximum Gasteiger partial charge on any atom is 0.0931 e. The van der Waals surface area contributed by atoms with Gasteiger partial charge in [-0.25, -0.2) is 0 Å². The second kappa shape index (κ2) is 7.05. The number of benzene rings is 2. The smallest absolute Gasteiger partial charge is 0.0931 e. The Labute approximate surface area is 159 Å². The fraction of sp³-hybridized carbons (Fsp3) is 0.217. The number of nitrogen functional groups attached to an aromatic ring is 1. The van der Waals surface area contributed by atoms with E-state index in [9.17, 15) is 0 Å². The third-order valence-corrected chi connectivity index (χ3v) is 5.46. The van der Waals surface area contributed by atoms with Gasteiger partial charge >= 0.3 is 0 Å². The lowest BCUT2D eigenvalue weighted by Gasteiger charge is -2.26. The van der Waals surface area contributed by atoms with Crippen molar-refractivity contribution in [1.82, 2.24) is 0 Å². The summed E-state index contributed by atoms with van der Waals surface area (Å²) >= 11 is 6.37.